The molecular weight excluding hydrogens is 332 g/mol. The SMILES string of the molecule is COc1cc(Br)cc(C=NNCc2ccccc2)c1OC. The zero-order valence-electron chi connectivity index (χ0n) is 12.0. The number of halogens is 1. The number of rotatable bonds is 6. The highest BCUT2D eigenvalue weighted by atomic mass is 79.9. The van der Waals surface area contributed by atoms with Crippen LogP contribution in [0.5, 0.6) is 11.5 Å². The van der Waals surface area contributed by atoms with E-state index in [1.807, 2.05) is 42.5 Å². The van der Waals surface area contributed by atoms with Gasteiger partial charge in [0.25, 0.3) is 0 Å². The second-order valence-electron chi connectivity index (χ2n) is 4.31. The van der Waals surface area contributed by atoms with E-state index in [-0.39, 0.29) is 0 Å². The van der Waals surface area contributed by atoms with Crippen LogP contribution in [-0.2, 0) is 6.54 Å². The molecule has 0 amide bonds. The minimum Gasteiger partial charge on any atom is -0.493 e. The Bertz CT molecular complexity index is 615. The van der Waals surface area contributed by atoms with Gasteiger partial charge in [0.1, 0.15) is 0 Å². The van der Waals surface area contributed by atoms with E-state index in [1.165, 1.54) is 5.56 Å². The summed E-state index contributed by atoms with van der Waals surface area (Å²) < 4.78 is 11.6. The molecule has 21 heavy (non-hydrogen) atoms. The molecule has 110 valence electrons. The van der Waals surface area contributed by atoms with Crippen molar-refractivity contribution in [3.63, 3.8) is 0 Å². The van der Waals surface area contributed by atoms with Crippen molar-refractivity contribution < 1.29 is 9.47 Å². The number of hydrogen-bond acceptors (Lipinski definition) is 4. The van der Waals surface area contributed by atoms with Crippen molar-refractivity contribution in [2.45, 2.75) is 6.54 Å². The number of benzene rings is 2. The van der Waals surface area contributed by atoms with Gasteiger partial charge in [0.15, 0.2) is 11.5 Å². The largest absolute Gasteiger partial charge is 0.493 e. The second-order valence-corrected chi connectivity index (χ2v) is 5.22. The first kappa shape index (κ1) is 15.4. The maximum atomic E-state index is 5.37. The quantitative estimate of drug-likeness (QED) is 0.640. The molecule has 2 rings (SSSR count). The predicted molar refractivity (Wildman–Crippen MR) is 88.1 cm³/mol. The molecule has 2 aromatic rings. The lowest BCUT2D eigenvalue weighted by Gasteiger charge is -2.10. The van der Waals surface area contributed by atoms with Crippen LogP contribution in [0.4, 0.5) is 0 Å². The highest BCUT2D eigenvalue weighted by Crippen LogP contribution is 2.33. The van der Waals surface area contributed by atoms with E-state index < -0.39 is 0 Å². The first-order valence-electron chi connectivity index (χ1n) is 6.46. The summed E-state index contributed by atoms with van der Waals surface area (Å²) in [5.41, 5.74) is 5.03. The number of nitrogens with zero attached hydrogens (tertiary/aromatic N) is 1. The molecule has 0 heterocycles. The summed E-state index contributed by atoms with van der Waals surface area (Å²) in [6.45, 7) is 0.671. The maximum Gasteiger partial charge on any atom is 0.169 e. The van der Waals surface area contributed by atoms with Gasteiger partial charge in [-0.05, 0) is 17.7 Å². The zero-order valence-corrected chi connectivity index (χ0v) is 13.6. The molecule has 0 bridgehead atoms. The van der Waals surface area contributed by atoms with Gasteiger partial charge < -0.3 is 14.9 Å². The van der Waals surface area contributed by atoms with Crippen molar-refractivity contribution in [1.29, 1.82) is 0 Å². The summed E-state index contributed by atoms with van der Waals surface area (Å²) >= 11 is 3.45. The normalized spacial score (nSPS) is 10.6. The third-order valence-electron chi connectivity index (χ3n) is 2.89. The Morgan fingerprint density at radius 3 is 2.57 bits per heavy atom. The zero-order chi connectivity index (χ0) is 15.1. The number of hydrogen-bond donors (Lipinski definition) is 1. The van der Waals surface area contributed by atoms with Crippen molar-refractivity contribution in [2.24, 2.45) is 5.10 Å². The van der Waals surface area contributed by atoms with Crippen LogP contribution in [0.3, 0.4) is 0 Å². The van der Waals surface area contributed by atoms with E-state index >= 15 is 0 Å². The number of nitrogens with one attached hydrogen (secondary N) is 1. The minimum absolute atomic E-state index is 0.658. The van der Waals surface area contributed by atoms with Gasteiger partial charge in [0.2, 0.25) is 0 Å². The Hall–Kier alpha value is -2.01. The third-order valence-corrected chi connectivity index (χ3v) is 3.35. The number of methoxy groups -OCH3 is 2. The van der Waals surface area contributed by atoms with Crippen LogP contribution in [0.25, 0.3) is 0 Å². The van der Waals surface area contributed by atoms with Crippen LogP contribution in [0.1, 0.15) is 11.1 Å². The van der Waals surface area contributed by atoms with Crippen molar-refractivity contribution in [1.82, 2.24) is 5.43 Å². The standard InChI is InChI=1S/C16H17BrN2O2/c1-20-15-9-14(17)8-13(16(15)21-2)11-19-18-10-12-6-4-3-5-7-12/h3-9,11,18H,10H2,1-2H3. The van der Waals surface area contributed by atoms with Crippen LogP contribution < -0.4 is 14.9 Å². The van der Waals surface area contributed by atoms with Crippen LogP contribution in [0.2, 0.25) is 0 Å². The van der Waals surface area contributed by atoms with E-state index in [0.717, 1.165) is 10.0 Å². The molecule has 2 aromatic carbocycles. The van der Waals surface area contributed by atoms with Gasteiger partial charge in [0.05, 0.1) is 27.0 Å². The van der Waals surface area contributed by atoms with Crippen LogP contribution >= 0.6 is 15.9 Å². The highest BCUT2D eigenvalue weighted by Gasteiger charge is 2.09. The lowest BCUT2D eigenvalue weighted by atomic mass is 10.2. The molecule has 0 saturated carbocycles. The Kier molecular flexibility index (Phi) is 5.63. The van der Waals surface area contributed by atoms with Crippen molar-refractivity contribution in [3.05, 3.63) is 58.1 Å². The Balaban J connectivity index is 2.08. The molecule has 0 unspecified atom stereocenters. The molecule has 0 spiro atoms. The summed E-state index contributed by atoms with van der Waals surface area (Å²) in [6, 6.07) is 13.9. The highest BCUT2D eigenvalue weighted by molar-refractivity contribution is 9.10. The van der Waals surface area contributed by atoms with Gasteiger partial charge in [-0.15, -0.1) is 0 Å². The molecule has 0 aromatic heterocycles. The fraction of sp³-hybridized carbons (Fsp3) is 0.188. The number of ether oxygens (including phenoxy) is 2. The first-order valence-corrected chi connectivity index (χ1v) is 7.25. The first-order chi connectivity index (χ1) is 10.2. The average Bonchev–Trinajstić information content (AvgIpc) is 2.52. The van der Waals surface area contributed by atoms with Gasteiger partial charge in [0, 0.05) is 10.0 Å². The van der Waals surface area contributed by atoms with Gasteiger partial charge in [-0.3, -0.25) is 0 Å². The van der Waals surface area contributed by atoms with Crippen molar-refractivity contribution >= 4 is 22.1 Å². The Morgan fingerprint density at radius 1 is 1.14 bits per heavy atom. The molecule has 5 heteroatoms. The molecule has 0 fully saturated rings. The number of hydrazone groups is 1. The molecule has 0 aliphatic carbocycles. The van der Waals surface area contributed by atoms with E-state index in [9.17, 15) is 0 Å². The Labute approximate surface area is 132 Å². The van der Waals surface area contributed by atoms with Crippen molar-refractivity contribution in [2.75, 3.05) is 14.2 Å². The van der Waals surface area contributed by atoms with Gasteiger partial charge in [-0.25, -0.2) is 0 Å². The maximum absolute atomic E-state index is 5.37. The molecule has 0 aliphatic heterocycles. The molecule has 1 N–H and O–H groups in total. The summed E-state index contributed by atoms with van der Waals surface area (Å²) in [5, 5.41) is 4.23. The fourth-order valence-corrected chi connectivity index (χ4v) is 2.36. The monoisotopic (exact) mass is 348 g/mol. The van der Waals surface area contributed by atoms with E-state index in [2.05, 4.69) is 26.5 Å². The topological polar surface area (TPSA) is 42.8 Å². The van der Waals surface area contributed by atoms with Crippen LogP contribution in [0, 0.1) is 0 Å². The van der Waals surface area contributed by atoms with Crippen LogP contribution in [-0.4, -0.2) is 20.4 Å². The molecule has 0 saturated heterocycles. The summed E-state index contributed by atoms with van der Waals surface area (Å²) in [5.74, 6) is 1.32. The third kappa shape index (κ3) is 4.23. The molecule has 0 radical (unpaired) electrons. The average molecular weight is 349 g/mol. The summed E-state index contributed by atoms with van der Waals surface area (Å²) in [7, 11) is 3.22. The molecule has 4 nitrogen and oxygen atoms in total. The summed E-state index contributed by atoms with van der Waals surface area (Å²) in [4.78, 5) is 0. The molecule has 0 atom stereocenters. The van der Waals surface area contributed by atoms with Crippen molar-refractivity contribution in [3.8, 4) is 11.5 Å². The Morgan fingerprint density at radius 2 is 1.90 bits per heavy atom. The van der Waals surface area contributed by atoms with Gasteiger partial charge in [-0.2, -0.15) is 5.10 Å². The van der Waals surface area contributed by atoms with Crippen LogP contribution in [0.15, 0.2) is 52.0 Å². The molecule has 0 aliphatic rings. The second kappa shape index (κ2) is 7.69. The fourth-order valence-electron chi connectivity index (χ4n) is 1.90. The predicted octanol–water partition coefficient (Wildman–Crippen LogP) is 3.59. The molecular formula is C16H17BrN2O2. The lowest BCUT2D eigenvalue weighted by Crippen LogP contribution is -2.05. The van der Waals surface area contributed by atoms with Gasteiger partial charge in [-0.1, -0.05) is 46.3 Å². The minimum atomic E-state index is 0.658. The summed E-state index contributed by atoms with van der Waals surface area (Å²) in [6.07, 6.45) is 1.72. The van der Waals surface area contributed by atoms with E-state index in [0.29, 0.717) is 18.0 Å². The van der Waals surface area contributed by atoms with Gasteiger partial charge >= 0.3 is 0 Å². The lowest BCUT2D eigenvalue weighted by molar-refractivity contribution is 0.354. The van der Waals surface area contributed by atoms with E-state index in [1.54, 1.807) is 20.4 Å². The smallest absolute Gasteiger partial charge is 0.169 e. The van der Waals surface area contributed by atoms with E-state index in [4.69, 9.17) is 9.47 Å².